The molecular formula is C16H17NO3. The van der Waals surface area contributed by atoms with Crippen molar-refractivity contribution in [2.24, 2.45) is 5.92 Å². The topological polar surface area (TPSA) is 47.8 Å². The molecule has 2 heterocycles. The van der Waals surface area contributed by atoms with Crippen LogP contribution < -0.4 is 0 Å². The number of Topliss-reactive ketones (excluding diaryl/α,β-unsaturated/α-hetero) is 1. The second kappa shape index (κ2) is 5.12. The number of hydrogen-bond acceptors (Lipinski definition) is 3. The molecule has 2 aromatic heterocycles. The lowest BCUT2D eigenvalue weighted by Crippen LogP contribution is -2.24. The maximum absolute atomic E-state index is 12.5. The molecule has 4 nitrogen and oxygen atoms in total. The van der Waals surface area contributed by atoms with Gasteiger partial charge in [0.2, 0.25) is 0 Å². The van der Waals surface area contributed by atoms with Crippen LogP contribution in [0.4, 0.5) is 0 Å². The highest BCUT2D eigenvalue weighted by Crippen LogP contribution is 2.30. The zero-order chi connectivity index (χ0) is 14.1. The van der Waals surface area contributed by atoms with E-state index in [1.54, 1.807) is 0 Å². The van der Waals surface area contributed by atoms with Crippen LogP contribution >= 0.6 is 0 Å². The lowest BCUT2D eigenvalue weighted by atomic mass is 9.84. The predicted octanol–water partition coefficient (Wildman–Crippen LogP) is 2.64. The normalized spacial score (nSPS) is 18.1. The van der Waals surface area contributed by atoms with Crippen molar-refractivity contribution in [1.29, 1.82) is 0 Å². The van der Waals surface area contributed by atoms with Gasteiger partial charge in [0.1, 0.15) is 0 Å². The number of fused-ring (bicyclic) bond motifs is 3. The molecular weight excluding hydrogens is 254 g/mol. The third-order valence-electron chi connectivity index (χ3n) is 3.92. The first-order valence-electron chi connectivity index (χ1n) is 6.93. The van der Waals surface area contributed by atoms with Crippen molar-refractivity contribution < 1.29 is 14.3 Å². The van der Waals surface area contributed by atoms with Crippen molar-refractivity contribution >= 4 is 17.3 Å². The van der Waals surface area contributed by atoms with Gasteiger partial charge in [-0.05, 0) is 37.5 Å². The minimum atomic E-state index is -0.288. The zero-order valence-corrected chi connectivity index (χ0v) is 11.5. The van der Waals surface area contributed by atoms with Crippen LogP contribution in [0.1, 0.15) is 35.8 Å². The van der Waals surface area contributed by atoms with Gasteiger partial charge in [-0.2, -0.15) is 0 Å². The van der Waals surface area contributed by atoms with E-state index in [9.17, 15) is 9.59 Å². The van der Waals surface area contributed by atoms with E-state index in [1.807, 2.05) is 30.5 Å². The lowest BCUT2D eigenvalue weighted by molar-refractivity contribution is -0.141. The molecule has 1 aliphatic rings. The highest BCUT2D eigenvalue weighted by molar-refractivity contribution is 6.01. The summed E-state index contributed by atoms with van der Waals surface area (Å²) >= 11 is 0. The number of aromatic nitrogens is 1. The van der Waals surface area contributed by atoms with Gasteiger partial charge >= 0.3 is 5.97 Å². The molecule has 0 N–H and O–H groups in total. The lowest BCUT2D eigenvalue weighted by Gasteiger charge is -2.21. The van der Waals surface area contributed by atoms with Crippen LogP contribution in [-0.4, -0.2) is 22.8 Å². The van der Waals surface area contributed by atoms with E-state index in [0.29, 0.717) is 13.0 Å². The first-order chi connectivity index (χ1) is 9.66. The van der Waals surface area contributed by atoms with Gasteiger partial charge in [0.05, 0.1) is 6.61 Å². The number of nitrogens with zero attached hydrogens (tertiary/aromatic N) is 1. The van der Waals surface area contributed by atoms with Gasteiger partial charge in [0, 0.05) is 35.8 Å². The van der Waals surface area contributed by atoms with Gasteiger partial charge in [0.25, 0.3) is 0 Å². The third-order valence-corrected chi connectivity index (χ3v) is 3.92. The standard InChI is InChI=1S/C16H17NO3/c1-11(18)20-9-7-12-5-6-15-14(16(12)19)10-13-4-2-3-8-17(13)15/h2-4,8,10,12H,5-7,9H2,1H3. The molecule has 4 heteroatoms. The highest BCUT2D eigenvalue weighted by atomic mass is 16.5. The number of carbonyl (C=O) groups is 2. The number of ketones is 1. The Morgan fingerprint density at radius 2 is 2.30 bits per heavy atom. The second-order valence-corrected chi connectivity index (χ2v) is 5.23. The molecule has 0 fully saturated rings. The molecule has 0 bridgehead atoms. The molecule has 1 aliphatic carbocycles. The molecule has 0 spiro atoms. The molecule has 20 heavy (non-hydrogen) atoms. The maximum Gasteiger partial charge on any atom is 0.302 e. The molecule has 0 saturated carbocycles. The van der Waals surface area contributed by atoms with Crippen molar-refractivity contribution in [2.45, 2.75) is 26.2 Å². The monoisotopic (exact) mass is 271 g/mol. The summed E-state index contributed by atoms with van der Waals surface area (Å²) in [5.74, 6) is -0.134. The van der Waals surface area contributed by atoms with Crippen molar-refractivity contribution in [2.75, 3.05) is 6.61 Å². The largest absolute Gasteiger partial charge is 0.466 e. The molecule has 0 radical (unpaired) electrons. The Labute approximate surface area is 117 Å². The van der Waals surface area contributed by atoms with E-state index < -0.39 is 0 Å². The summed E-state index contributed by atoms with van der Waals surface area (Å²) < 4.78 is 7.04. The summed E-state index contributed by atoms with van der Waals surface area (Å²) in [7, 11) is 0. The number of aryl methyl sites for hydroxylation is 1. The van der Waals surface area contributed by atoms with E-state index >= 15 is 0 Å². The van der Waals surface area contributed by atoms with Gasteiger partial charge < -0.3 is 9.14 Å². The molecule has 0 aromatic carbocycles. The Bertz CT molecular complexity index is 671. The summed E-state index contributed by atoms with van der Waals surface area (Å²) in [6.07, 6.45) is 4.34. The van der Waals surface area contributed by atoms with Gasteiger partial charge in [-0.1, -0.05) is 6.07 Å². The number of esters is 1. The minimum absolute atomic E-state index is 0.0285. The fourth-order valence-corrected chi connectivity index (χ4v) is 2.93. The van der Waals surface area contributed by atoms with E-state index in [-0.39, 0.29) is 17.7 Å². The molecule has 104 valence electrons. The molecule has 0 amide bonds. The van der Waals surface area contributed by atoms with Crippen molar-refractivity contribution in [1.82, 2.24) is 4.40 Å². The molecule has 0 saturated heterocycles. The van der Waals surface area contributed by atoms with E-state index in [0.717, 1.165) is 29.6 Å². The summed E-state index contributed by atoms with van der Waals surface area (Å²) in [5.41, 5.74) is 3.00. The summed E-state index contributed by atoms with van der Waals surface area (Å²) in [6.45, 7) is 1.72. The number of rotatable bonds is 3. The quantitative estimate of drug-likeness (QED) is 0.806. The SMILES string of the molecule is CC(=O)OCCC1CCc2c(cc3ccccn23)C1=O. The molecule has 1 atom stereocenters. The van der Waals surface area contributed by atoms with Crippen LogP contribution in [0.15, 0.2) is 30.5 Å². The molecule has 3 rings (SSSR count). The van der Waals surface area contributed by atoms with Crippen LogP contribution in [0.3, 0.4) is 0 Å². The average molecular weight is 271 g/mol. The first kappa shape index (κ1) is 12.9. The van der Waals surface area contributed by atoms with Crippen molar-refractivity contribution in [3.05, 3.63) is 41.7 Å². The zero-order valence-electron chi connectivity index (χ0n) is 11.5. The number of ether oxygens (including phenoxy) is 1. The predicted molar refractivity (Wildman–Crippen MR) is 74.8 cm³/mol. The van der Waals surface area contributed by atoms with Crippen LogP contribution in [0.25, 0.3) is 5.52 Å². The van der Waals surface area contributed by atoms with E-state index in [4.69, 9.17) is 4.74 Å². The highest BCUT2D eigenvalue weighted by Gasteiger charge is 2.29. The van der Waals surface area contributed by atoms with Gasteiger partial charge in [-0.15, -0.1) is 0 Å². The maximum atomic E-state index is 12.5. The second-order valence-electron chi connectivity index (χ2n) is 5.23. The smallest absolute Gasteiger partial charge is 0.302 e. The van der Waals surface area contributed by atoms with Crippen LogP contribution in [0, 0.1) is 5.92 Å². The van der Waals surface area contributed by atoms with Gasteiger partial charge in [0.15, 0.2) is 5.78 Å². The van der Waals surface area contributed by atoms with Crippen LogP contribution in [0.2, 0.25) is 0 Å². The van der Waals surface area contributed by atoms with Gasteiger partial charge in [-0.3, -0.25) is 9.59 Å². The Hall–Kier alpha value is -2.10. The Morgan fingerprint density at radius 1 is 1.45 bits per heavy atom. The number of pyridine rings is 1. The van der Waals surface area contributed by atoms with E-state index in [2.05, 4.69) is 4.40 Å². The first-order valence-corrected chi connectivity index (χ1v) is 6.93. The van der Waals surface area contributed by atoms with Crippen LogP contribution in [0.5, 0.6) is 0 Å². The Kier molecular flexibility index (Phi) is 3.30. The molecule has 2 aromatic rings. The molecule has 0 aliphatic heterocycles. The number of carbonyl (C=O) groups excluding carboxylic acids is 2. The number of hydrogen-bond donors (Lipinski definition) is 0. The summed E-state index contributed by atoms with van der Waals surface area (Å²) in [6, 6.07) is 7.93. The average Bonchev–Trinajstić information content (AvgIpc) is 2.81. The van der Waals surface area contributed by atoms with Gasteiger partial charge in [-0.25, -0.2) is 0 Å². The van der Waals surface area contributed by atoms with E-state index in [1.165, 1.54) is 6.92 Å². The summed E-state index contributed by atoms with van der Waals surface area (Å²) in [4.78, 5) is 23.3. The minimum Gasteiger partial charge on any atom is -0.466 e. The fourth-order valence-electron chi connectivity index (χ4n) is 2.93. The fraction of sp³-hybridized carbons (Fsp3) is 0.375. The Balaban J connectivity index is 1.82. The van der Waals surface area contributed by atoms with Crippen LogP contribution in [-0.2, 0) is 16.0 Å². The molecule has 1 unspecified atom stereocenters. The van der Waals surface area contributed by atoms with Crippen molar-refractivity contribution in [3.63, 3.8) is 0 Å². The van der Waals surface area contributed by atoms with Crippen molar-refractivity contribution in [3.8, 4) is 0 Å². The summed E-state index contributed by atoms with van der Waals surface area (Å²) in [5, 5.41) is 0. The Morgan fingerprint density at radius 3 is 3.10 bits per heavy atom. The third kappa shape index (κ3) is 2.22.